The summed E-state index contributed by atoms with van der Waals surface area (Å²) in [6, 6.07) is 10.5. The summed E-state index contributed by atoms with van der Waals surface area (Å²) >= 11 is 0. The molecule has 1 N–H and O–H groups in total. The predicted octanol–water partition coefficient (Wildman–Crippen LogP) is 2.50. The van der Waals surface area contributed by atoms with Crippen LogP contribution in [0.25, 0.3) is 0 Å². The first-order chi connectivity index (χ1) is 12.4. The summed E-state index contributed by atoms with van der Waals surface area (Å²) in [5, 5.41) is 0. The fraction of sp³-hybridized carbons (Fsp3) is 0.316. The molecule has 2 aromatic rings. The van der Waals surface area contributed by atoms with Gasteiger partial charge in [0.25, 0.3) is 5.91 Å². The lowest BCUT2D eigenvalue weighted by Gasteiger charge is -2.30. The van der Waals surface area contributed by atoms with E-state index < -0.39 is 10.0 Å². The Balaban J connectivity index is 2.03. The molecule has 1 heterocycles. The molecular formula is C19H22N2O4S. The number of benzene rings is 2. The fourth-order valence-corrected chi connectivity index (χ4v) is 4.14. The van der Waals surface area contributed by atoms with Crippen molar-refractivity contribution in [3.63, 3.8) is 0 Å². The Morgan fingerprint density at radius 1 is 1.19 bits per heavy atom. The molecule has 0 spiro atoms. The number of carbonyl (C=O) groups is 1. The van der Waals surface area contributed by atoms with E-state index in [2.05, 4.69) is 10.8 Å². The highest BCUT2D eigenvalue weighted by Gasteiger charge is 2.26. The van der Waals surface area contributed by atoms with Gasteiger partial charge >= 0.3 is 0 Å². The van der Waals surface area contributed by atoms with Gasteiger partial charge in [0.15, 0.2) is 0 Å². The monoisotopic (exact) mass is 374 g/mol. The van der Waals surface area contributed by atoms with E-state index in [1.165, 1.54) is 26.3 Å². The van der Waals surface area contributed by atoms with Gasteiger partial charge in [-0.05, 0) is 56.6 Å². The maximum Gasteiger partial charge on any atom is 0.258 e. The number of methoxy groups -OCH3 is 1. The molecule has 0 saturated heterocycles. The minimum Gasteiger partial charge on any atom is -0.495 e. The molecule has 138 valence electrons. The number of rotatable bonds is 4. The Labute approximate surface area is 153 Å². The lowest BCUT2D eigenvalue weighted by atomic mass is 9.99. The number of hydrogen-bond donors (Lipinski definition) is 1. The van der Waals surface area contributed by atoms with Crippen LogP contribution in [0.4, 0.5) is 5.69 Å². The molecule has 0 aliphatic carbocycles. The summed E-state index contributed by atoms with van der Waals surface area (Å²) in [4.78, 5) is 14.8. The topological polar surface area (TPSA) is 75.7 Å². The highest BCUT2D eigenvalue weighted by Crippen LogP contribution is 2.31. The minimum absolute atomic E-state index is 0.0468. The number of nitrogens with one attached hydrogen (secondary N) is 1. The van der Waals surface area contributed by atoms with Gasteiger partial charge in [0.2, 0.25) is 10.0 Å². The summed E-state index contributed by atoms with van der Waals surface area (Å²) in [7, 11) is -1.02. The van der Waals surface area contributed by atoms with Crippen LogP contribution < -0.4 is 14.4 Å². The fourth-order valence-electron chi connectivity index (χ4n) is 3.22. The average molecular weight is 374 g/mol. The highest BCUT2D eigenvalue weighted by atomic mass is 32.2. The van der Waals surface area contributed by atoms with Crippen molar-refractivity contribution in [1.82, 2.24) is 4.72 Å². The molecule has 0 bridgehead atoms. The Morgan fingerprint density at radius 3 is 2.65 bits per heavy atom. The highest BCUT2D eigenvalue weighted by molar-refractivity contribution is 7.89. The standard InChI is InChI=1S/C19H22N2O4S/c1-13-6-8-16-14(11-13)5-4-10-21(16)19(22)15-7-9-17(25-3)18(12-15)26(23,24)20-2/h6-9,11-12,20H,4-5,10H2,1-3H3. The average Bonchev–Trinajstić information content (AvgIpc) is 2.66. The smallest absolute Gasteiger partial charge is 0.258 e. The summed E-state index contributed by atoms with van der Waals surface area (Å²) in [6.07, 6.45) is 1.81. The molecule has 6 nitrogen and oxygen atoms in total. The maximum atomic E-state index is 13.1. The Hall–Kier alpha value is -2.38. The molecule has 2 aromatic carbocycles. The van der Waals surface area contributed by atoms with E-state index in [0.717, 1.165) is 29.7 Å². The van der Waals surface area contributed by atoms with Crippen molar-refractivity contribution in [2.75, 3.05) is 25.6 Å². The largest absolute Gasteiger partial charge is 0.495 e. The zero-order valence-electron chi connectivity index (χ0n) is 15.1. The predicted molar refractivity (Wildman–Crippen MR) is 100 cm³/mol. The number of sulfonamides is 1. The minimum atomic E-state index is -3.74. The van der Waals surface area contributed by atoms with Crippen LogP contribution in [0.5, 0.6) is 5.75 Å². The van der Waals surface area contributed by atoms with E-state index in [1.807, 2.05) is 19.1 Å². The Kier molecular flexibility index (Phi) is 5.02. The molecule has 3 rings (SSSR count). The number of amides is 1. The van der Waals surface area contributed by atoms with Crippen molar-refractivity contribution < 1.29 is 17.9 Å². The number of anilines is 1. The van der Waals surface area contributed by atoms with Gasteiger partial charge in [0.1, 0.15) is 10.6 Å². The third-order valence-electron chi connectivity index (χ3n) is 4.57. The molecule has 1 amide bonds. The van der Waals surface area contributed by atoms with Crippen molar-refractivity contribution >= 4 is 21.6 Å². The second-order valence-corrected chi connectivity index (χ2v) is 8.12. The van der Waals surface area contributed by atoms with Crippen LogP contribution in [0, 0.1) is 6.92 Å². The number of hydrogen-bond acceptors (Lipinski definition) is 4. The summed E-state index contributed by atoms with van der Waals surface area (Å²) in [6.45, 7) is 2.63. The quantitative estimate of drug-likeness (QED) is 0.892. The lowest BCUT2D eigenvalue weighted by molar-refractivity contribution is 0.0985. The second-order valence-electron chi connectivity index (χ2n) is 6.27. The van der Waals surface area contributed by atoms with Gasteiger partial charge in [-0.1, -0.05) is 17.7 Å². The van der Waals surface area contributed by atoms with Crippen LogP contribution in [0.1, 0.15) is 27.9 Å². The molecule has 0 fully saturated rings. The first-order valence-electron chi connectivity index (χ1n) is 8.40. The molecule has 26 heavy (non-hydrogen) atoms. The van der Waals surface area contributed by atoms with Crippen LogP contribution in [0.2, 0.25) is 0 Å². The summed E-state index contributed by atoms with van der Waals surface area (Å²) in [5.41, 5.74) is 3.50. The molecule has 0 aromatic heterocycles. The SMILES string of the molecule is CNS(=O)(=O)c1cc(C(=O)N2CCCc3cc(C)ccc32)ccc1OC. The van der Waals surface area contributed by atoms with Crippen LogP contribution in [0.15, 0.2) is 41.3 Å². The van der Waals surface area contributed by atoms with E-state index in [1.54, 1.807) is 11.0 Å². The van der Waals surface area contributed by atoms with E-state index in [9.17, 15) is 13.2 Å². The van der Waals surface area contributed by atoms with Crippen molar-refractivity contribution in [3.8, 4) is 5.75 Å². The van der Waals surface area contributed by atoms with Crippen molar-refractivity contribution in [2.24, 2.45) is 0 Å². The van der Waals surface area contributed by atoms with E-state index in [-0.39, 0.29) is 16.6 Å². The molecule has 0 saturated carbocycles. The third kappa shape index (κ3) is 3.32. The van der Waals surface area contributed by atoms with Gasteiger partial charge in [-0.3, -0.25) is 4.79 Å². The van der Waals surface area contributed by atoms with Gasteiger partial charge < -0.3 is 9.64 Å². The van der Waals surface area contributed by atoms with Gasteiger partial charge in [-0.2, -0.15) is 0 Å². The number of nitrogens with zero attached hydrogens (tertiary/aromatic N) is 1. The molecular weight excluding hydrogens is 352 g/mol. The molecule has 7 heteroatoms. The van der Waals surface area contributed by atoms with Crippen molar-refractivity contribution in [1.29, 1.82) is 0 Å². The van der Waals surface area contributed by atoms with Crippen LogP contribution in [-0.2, 0) is 16.4 Å². The van der Waals surface area contributed by atoms with Crippen LogP contribution in [-0.4, -0.2) is 35.0 Å². The second kappa shape index (κ2) is 7.09. The Morgan fingerprint density at radius 2 is 1.96 bits per heavy atom. The number of carbonyl (C=O) groups excluding carboxylic acids is 1. The van der Waals surface area contributed by atoms with Gasteiger partial charge in [-0.15, -0.1) is 0 Å². The summed E-state index contributed by atoms with van der Waals surface area (Å²) in [5.74, 6) is -0.0180. The number of ether oxygens (including phenoxy) is 1. The van der Waals surface area contributed by atoms with Gasteiger partial charge in [0.05, 0.1) is 7.11 Å². The molecule has 0 unspecified atom stereocenters. The molecule has 1 aliphatic heterocycles. The zero-order valence-corrected chi connectivity index (χ0v) is 15.9. The first kappa shape index (κ1) is 18.4. The summed E-state index contributed by atoms with van der Waals surface area (Å²) < 4.78 is 31.9. The van der Waals surface area contributed by atoms with Crippen molar-refractivity contribution in [3.05, 3.63) is 53.1 Å². The normalized spacial score (nSPS) is 14.0. The number of aryl methyl sites for hydroxylation is 2. The number of fused-ring (bicyclic) bond motifs is 1. The maximum absolute atomic E-state index is 13.1. The van der Waals surface area contributed by atoms with Gasteiger partial charge in [0, 0.05) is 17.8 Å². The van der Waals surface area contributed by atoms with Crippen LogP contribution >= 0.6 is 0 Å². The molecule has 0 atom stereocenters. The lowest BCUT2D eigenvalue weighted by Crippen LogP contribution is -2.35. The molecule has 0 radical (unpaired) electrons. The van der Waals surface area contributed by atoms with Gasteiger partial charge in [-0.25, -0.2) is 13.1 Å². The van der Waals surface area contributed by atoms with E-state index in [0.29, 0.717) is 12.1 Å². The zero-order chi connectivity index (χ0) is 18.9. The first-order valence-corrected chi connectivity index (χ1v) is 9.88. The van der Waals surface area contributed by atoms with E-state index in [4.69, 9.17) is 4.74 Å². The third-order valence-corrected chi connectivity index (χ3v) is 6.00. The van der Waals surface area contributed by atoms with E-state index >= 15 is 0 Å². The Bertz CT molecular complexity index is 954. The van der Waals surface area contributed by atoms with Crippen LogP contribution in [0.3, 0.4) is 0 Å². The van der Waals surface area contributed by atoms with Crippen molar-refractivity contribution in [2.45, 2.75) is 24.7 Å². The molecule has 1 aliphatic rings.